The Kier molecular flexibility index (Phi) is 3.47. The maximum Gasteiger partial charge on any atom is 0.142 e. The number of nitrogens with zero attached hydrogens (tertiary/aromatic N) is 1. The molecule has 2 rings (SSSR count). The summed E-state index contributed by atoms with van der Waals surface area (Å²) in [6, 6.07) is 5.25. The van der Waals surface area contributed by atoms with Crippen LogP contribution in [0.25, 0.3) is 0 Å². The zero-order valence-electron chi connectivity index (χ0n) is 9.29. The van der Waals surface area contributed by atoms with E-state index in [1.807, 2.05) is 13.1 Å². The number of benzene rings is 1. The van der Waals surface area contributed by atoms with Crippen molar-refractivity contribution in [2.24, 2.45) is 11.7 Å². The standard InChI is InChI=1S/C12H16ClFN2/c1-16-5-4-9(7-15)12(16)8-2-3-10(13)11(14)6-8/h2-3,6,9,12H,4-5,7,15H2,1H3. The largest absolute Gasteiger partial charge is 0.330 e. The summed E-state index contributed by atoms with van der Waals surface area (Å²) in [7, 11) is 2.05. The van der Waals surface area contributed by atoms with E-state index in [1.165, 1.54) is 6.07 Å². The van der Waals surface area contributed by atoms with Crippen LogP contribution < -0.4 is 5.73 Å². The number of rotatable bonds is 2. The fraction of sp³-hybridized carbons (Fsp3) is 0.500. The Labute approximate surface area is 100 Å². The van der Waals surface area contributed by atoms with Gasteiger partial charge in [0.2, 0.25) is 0 Å². The Morgan fingerprint density at radius 3 is 2.94 bits per heavy atom. The van der Waals surface area contributed by atoms with E-state index in [9.17, 15) is 4.39 Å². The van der Waals surface area contributed by atoms with Crippen LogP contribution >= 0.6 is 11.6 Å². The van der Waals surface area contributed by atoms with E-state index in [0.29, 0.717) is 12.5 Å². The van der Waals surface area contributed by atoms with Crippen molar-refractivity contribution in [3.05, 3.63) is 34.6 Å². The van der Waals surface area contributed by atoms with Gasteiger partial charge in [-0.25, -0.2) is 4.39 Å². The van der Waals surface area contributed by atoms with Crippen LogP contribution in [0.4, 0.5) is 4.39 Å². The first-order valence-corrected chi connectivity index (χ1v) is 5.86. The molecule has 1 saturated heterocycles. The molecule has 2 nitrogen and oxygen atoms in total. The average molecular weight is 243 g/mol. The number of hydrogen-bond donors (Lipinski definition) is 1. The molecule has 2 unspecified atom stereocenters. The van der Waals surface area contributed by atoms with Crippen molar-refractivity contribution >= 4 is 11.6 Å². The van der Waals surface area contributed by atoms with Crippen LogP contribution in [0.3, 0.4) is 0 Å². The van der Waals surface area contributed by atoms with Crippen LogP contribution in [0, 0.1) is 11.7 Å². The summed E-state index contributed by atoms with van der Waals surface area (Å²) in [5.74, 6) is 0.0563. The highest BCUT2D eigenvalue weighted by Gasteiger charge is 2.32. The van der Waals surface area contributed by atoms with Gasteiger partial charge >= 0.3 is 0 Å². The SMILES string of the molecule is CN1CCC(CN)C1c1ccc(Cl)c(F)c1. The van der Waals surface area contributed by atoms with Gasteiger partial charge in [0.25, 0.3) is 0 Å². The monoisotopic (exact) mass is 242 g/mol. The lowest BCUT2D eigenvalue weighted by molar-refractivity contribution is 0.279. The van der Waals surface area contributed by atoms with Gasteiger partial charge in [0, 0.05) is 6.04 Å². The molecule has 0 amide bonds. The molecular weight excluding hydrogens is 227 g/mol. The van der Waals surface area contributed by atoms with Crippen molar-refractivity contribution < 1.29 is 4.39 Å². The second-order valence-corrected chi connectivity index (χ2v) is 4.79. The molecule has 2 N–H and O–H groups in total. The Balaban J connectivity index is 2.31. The first-order chi connectivity index (χ1) is 7.63. The van der Waals surface area contributed by atoms with E-state index >= 15 is 0 Å². The first-order valence-electron chi connectivity index (χ1n) is 5.48. The molecule has 1 aromatic carbocycles. The van der Waals surface area contributed by atoms with Crippen molar-refractivity contribution in [3.63, 3.8) is 0 Å². The van der Waals surface area contributed by atoms with Crippen molar-refractivity contribution in [1.29, 1.82) is 0 Å². The molecule has 0 saturated carbocycles. The van der Waals surface area contributed by atoms with Crippen LogP contribution in [-0.2, 0) is 0 Å². The maximum atomic E-state index is 13.4. The van der Waals surface area contributed by atoms with Gasteiger partial charge in [-0.3, -0.25) is 4.90 Å². The Morgan fingerprint density at radius 2 is 2.31 bits per heavy atom. The van der Waals surface area contributed by atoms with Gasteiger partial charge in [0.1, 0.15) is 5.82 Å². The van der Waals surface area contributed by atoms with E-state index in [4.69, 9.17) is 17.3 Å². The number of halogens is 2. The van der Waals surface area contributed by atoms with Gasteiger partial charge in [-0.15, -0.1) is 0 Å². The normalized spacial score (nSPS) is 26.2. The summed E-state index contributed by atoms with van der Waals surface area (Å²) >= 11 is 5.68. The molecule has 1 fully saturated rings. The highest BCUT2D eigenvalue weighted by Crippen LogP contribution is 2.36. The molecule has 1 aliphatic heterocycles. The Morgan fingerprint density at radius 1 is 1.56 bits per heavy atom. The molecule has 16 heavy (non-hydrogen) atoms. The molecule has 0 aliphatic carbocycles. The van der Waals surface area contributed by atoms with Gasteiger partial charge in [-0.05, 0) is 50.2 Å². The van der Waals surface area contributed by atoms with Crippen LogP contribution in [-0.4, -0.2) is 25.0 Å². The second-order valence-electron chi connectivity index (χ2n) is 4.38. The topological polar surface area (TPSA) is 29.3 Å². The minimum atomic E-state index is -0.352. The zero-order valence-corrected chi connectivity index (χ0v) is 10.0. The fourth-order valence-electron chi connectivity index (χ4n) is 2.50. The number of hydrogen-bond acceptors (Lipinski definition) is 2. The lowest BCUT2D eigenvalue weighted by atomic mass is 9.94. The molecule has 1 aromatic rings. The Hall–Kier alpha value is -0.640. The minimum Gasteiger partial charge on any atom is -0.330 e. The van der Waals surface area contributed by atoms with Crippen LogP contribution in [0.1, 0.15) is 18.0 Å². The van der Waals surface area contributed by atoms with Crippen LogP contribution in [0.5, 0.6) is 0 Å². The van der Waals surface area contributed by atoms with Gasteiger partial charge < -0.3 is 5.73 Å². The van der Waals surface area contributed by atoms with Crippen LogP contribution in [0.2, 0.25) is 5.02 Å². The highest BCUT2D eigenvalue weighted by atomic mass is 35.5. The maximum absolute atomic E-state index is 13.4. The van der Waals surface area contributed by atoms with Gasteiger partial charge in [0.15, 0.2) is 0 Å². The molecule has 4 heteroatoms. The molecule has 0 aromatic heterocycles. The molecule has 0 radical (unpaired) electrons. The second kappa shape index (κ2) is 4.70. The minimum absolute atomic E-state index is 0.175. The molecular formula is C12H16ClFN2. The third-order valence-corrected chi connectivity index (χ3v) is 3.67. The summed E-state index contributed by atoms with van der Waals surface area (Å²) in [6.07, 6.45) is 1.07. The van der Waals surface area contributed by atoms with Gasteiger partial charge in [0.05, 0.1) is 5.02 Å². The van der Waals surface area contributed by atoms with E-state index in [2.05, 4.69) is 4.90 Å². The van der Waals surface area contributed by atoms with E-state index < -0.39 is 0 Å². The zero-order chi connectivity index (χ0) is 11.7. The average Bonchev–Trinajstić information content (AvgIpc) is 2.64. The molecule has 0 bridgehead atoms. The molecule has 1 heterocycles. The van der Waals surface area contributed by atoms with Gasteiger partial charge in [-0.1, -0.05) is 17.7 Å². The molecule has 88 valence electrons. The van der Waals surface area contributed by atoms with E-state index in [-0.39, 0.29) is 16.9 Å². The third kappa shape index (κ3) is 2.08. The predicted molar refractivity (Wildman–Crippen MR) is 63.9 cm³/mol. The van der Waals surface area contributed by atoms with Crippen molar-refractivity contribution in [1.82, 2.24) is 4.90 Å². The summed E-state index contributed by atoms with van der Waals surface area (Å²) in [4.78, 5) is 2.22. The number of likely N-dealkylation sites (tertiary alicyclic amines) is 1. The van der Waals surface area contributed by atoms with E-state index in [0.717, 1.165) is 18.5 Å². The van der Waals surface area contributed by atoms with E-state index in [1.54, 1.807) is 6.07 Å². The van der Waals surface area contributed by atoms with Crippen molar-refractivity contribution in [2.45, 2.75) is 12.5 Å². The lowest BCUT2D eigenvalue weighted by Gasteiger charge is -2.24. The fourth-order valence-corrected chi connectivity index (χ4v) is 2.61. The smallest absolute Gasteiger partial charge is 0.142 e. The quantitative estimate of drug-likeness (QED) is 0.863. The van der Waals surface area contributed by atoms with Crippen molar-refractivity contribution in [3.8, 4) is 0 Å². The van der Waals surface area contributed by atoms with Gasteiger partial charge in [-0.2, -0.15) is 0 Å². The third-order valence-electron chi connectivity index (χ3n) is 3.36. The summed E-state index contributed by atoms with van der Waals surface area (Å²) in [5, 5.41) is 0.175. The summed E-state index contributed by atoms with van der Waals surface area (Å²) < 4.78 is 13.4. The van der Waals surface area contributed by atoms with Crippen LogP contribution in [0.15, 0.2) is 18.2 Å². The predicted octanol–water partition coefficient (Wildman–Crippen LogP) is 2.43. The lowest BCUT2D eigenvalue weighted by Crippen LogP contribution is -2.25. The molecule has 0 spiro atoms. The van der Waals surface area contributed by atoms with Crippen molar-refractivity contribution in [2.75, 3.05) is 20.1 Å². The summed E-state index contributed by atoms with van der Waals surface area (Å²) in [6.45, 7) is 1.65. The first kappa shape index (κ1) is 11.8. The number of nitrogens with two attached hydrogens (primary N) is 1. The highest BCUT2D eigenvalue weighted by molar-refractivity contribution is 6.30. The Bertz CT molecular complexity index is 383. The molecule has 2 atom stereocenters. The summed E-state index contributed by atoms with van der Waals surface area (Å²) in [5.41, 5.74) is 6.72. The molecule has 1 aliphatic rings.